The molecule has 12 nitrogen and oxygen atoms in total. The fourth-order valence-electron chi connectivity index (χ4n) is 1.42. The van der Waals surface area contributed by atoms with Crippen LogP contribution in [0.15, 0.2) is 48.5 Å². The summed E-state index contributed by atoms with van der Waals surface area (Å²) in [7, 11) is -4.64. The number of hydrogen-bond donors (Lipinski definition) is 3. The third-order valence-corrected chi connectivity index (χ3v) is 2.43. The molecule has 0 saturated heterocycles. The maximum Gasteiger partial charge on any atom is 0.466 e. The number of rotatable bonds is 4. The van der Waals surface area contributed by atoms with E-state index in [-0.39, 0.29) is 11.4 Å². The van der Waals surface area contributed by atoms with E-state index < -0.39 is 17.7 Å². The second-order valence-corrected chi connectivity index (χ2v) is 5.48. The Morgan fingerprint density at radius 1 is 0.778 bits per heavy atom. The first kappa shape index (κ1) is 23.7. The minimum absolute atomic E-state index is 0.0606. The van der Waals surface area contributed by atoms with Gasteiger partial charge in [-0.1, -0.05) is 24.3 Å². The smallest absolute Gasteiger partial charge is 0.303 e. The Balaban J connectivity index is 0.000000405. The summed E-state index contributed by atoms with van der Waals surface area (Å²) in [6.45, 7) is 0. The van der Waals surface area contributed by atoms with Crippen LogP contribution in [0.1, 0.15) is 20.7 Å². The molecule has 0 saturated carbocycles. The summed E-state index contributed by atoms with van der Waals surface area (Å²) >= 11 is 0. The molecule has 2 aromatic rings. The highest BCUT2D eigenvalue weighted by Gasteiger charge is 2.04. The second-order valence-electron chi connectivity index (χ2n) is 4.45. The van der Waals surface area contributed by atoms with Crippen molar-refractivity contribution in [3.05, 3.63) is 79.9 Å². The molecule has 0 aliphatic heterocycles. The van der Waals surface area contributed by atoms with Gasteiger partial charge in [0.05, 0.1) is 9.85 Å². The van der Waals surface area contributed by atoms with Crippen molar-refractivity contribution in [1.29, 1.82) is 0 Å². The van der Waals surface area contributed by atoms with Crippen LogP contribution in [0.25, 0.3) is 0 Å². The van der Waals surface area contributed by atoms with Gasteiger partial charge in [0.25, 0.3) is 11.4 Å². The van der Waals surface area contributed by atoms with E-state index in [4.69, 9.17) is 19.2 Å². The Morgan fingerprint density at radius 2 is 1.07 bits per heavy atom. The first-order valence-electron chi connectivity index (χ1n) is 6.65. The number of benzene rings is 2. The van der Waals surface area contributed by atoms with E-state index in [9.17, 15) is 29.8 Å². The molecule has 0 heterocycles. The second kappa shape index (κ2) is 11.3. The van der Waals surface area contributed by atoms with Crippen LogP contribution >= 0.6 is 7.82 Å². The van der Waals surface area contributed by atoms with E-state index in [1.165, 1.54) is 48.5 Å². The van der Waals surface area contributed by atoms with Crippen molar-refractivity contribution in [1.82, 2.24) is 0 Å². The number of carbonyl (C=O) groups excluding carboxylic acids is 2. The molecule has 2 aromatic carbocycles. The summed E-state index contributed by atoms with van der Waals surface area (Å²) in [5.74, 6) is 0. The number of nitro groups is 2. The van der Waals surface area contributed by atoms with Crippen LogP contribution in [0.2, 0.25) is 0 Å². The monoisotopic (exact) mass is 400 g/mol. The highest BCUT2D eigenvalue weighted by molar-refractivity contribution is 7.45. The number of non-ortho nitro benzene ring substituents is 2. The lowest BCUT2D eigenvalue weighted by molar-refractivity contribution is -0.385. The summed E-state index contributed by atoms with van der Waals surface area (Å²) in [6.07, 6.45) is 1.15. The predicted molar refractivity (Wildman–Crippen MR) is 91.2 cm³/mol. The highest BCUT2D eigenvalue weighted by Crippen LogP contribution is 2.25. The van der Waals surface area contributed by atoms with E-state index >= 15 is 0 Å². The van der Waals surface area contributed by atoms with Gasteiger partial charge >= 0.3 is 7.82 Å². The van der Waals surface area contributed by atoms with Crippen molar-refractivity contribution >= 4 is 31.8 Å². The van der Waals surface area contributed by atoms with Gasteiger partial charge in [-0.05, 0) is 0 Å². The van der Waals surface area contributed by atoms with Crippen molar-refractivity contribution in [3.8, 4) is 0 Å². The van der Waals surface area contributed by atoms with Crippen molar-refractivity contribution < 1.29 is 38.7 Å². The van der Waals surface area contributed by atoms with Gasteiger partial charge in [0.15, 0.2) is 0 Å². The van der Waals surface area contributed by atoms with Gasteiger partial charge in [0.2, 0.25) is 0 Å². The quantitative estimate of drug-likeness (QED) is 0.295. The van der Waals surface area contributed by atoms with Gasteiger partial charge < -0.3 is 14.7 Å². The molecule has 2 rings (SSSR count). The van der Waals surface area contributed by atoms with Gasteiger partial charge in [-0.3, -0.25) is 29.8 Å². The molecule has 0 fully saturated rings. The molecule has 0 atom stereocenters. The number of carbonyl (C=O) groups is 2. The molecule has 0 bridgehead atoms. The third-order valence-electron chi connectivity index (χ3n) is 2.43. The number of hydrogen-bond acceptors (Lipinski definition) is 7. The zero-order valence-electron chi connectivity index (χ0n) is 13.3. The fourth-order valence-corrected chi connectivity index (χ4v) is 1.42. The number of nitrogens with zero attached hydrogens (tertiary/aromatic N) is 2. The Hall–Kier alpha value is -3.31. The van der Waals surface area contributed by atoms with Crippen molar-refractivity contribution in [2.75, 3.05) is 0 Å². The highest BCUT2D eigenvalue weighted by atomic mass is 31.2. The molecule has 0 spiro atoms. The van der Waals surface area contributed by atoms with Crippen LogP contribution in [0.3, 0.4) is 0 Å². The van der Waals surface area contributed by atoms with Crippen LogP contribution in [0, 0.1) is 20.2 Å². The van der Waals surface area contributed by atoms with Gasteiger partial charge in [-0.15, -0.1) is 0 Å². The molecule has 0 aliphatic carbocycles. The van der Waals surface area contributed by atoms with Gasteiger partial charge in [-0.2, -0.15) is 0 Å². The predicted octanol–water partition coefficient (Wildman–Crippen LogP) is 1.89. The summed E-state index contributed by atoms with van der Waals surface area (Å²) in [5.41, 5.74) is 0.516. The lowest BCUT2D eigenvalue weighted by Gasteiger charge is -1.90. The SMILES string of the molecule is O=Cc1cccc([N+](=O)[O-])c1.O=Cc1cccc([N+](=O)[O-])c1.O=P(O)(O)O. The molecule has 27 heavy (non-hydrogen) atoms. The van der Waals surface area contributed by atoms with Crippen LogP contribution in [-0.2, 0) is 4.57 Å². The number of aldehydes is 2. The number of nitro benzene ring substituents is 2. The molecular formula is C14H13N2O10P. The molecule has 144 valence electrons. The molecular weight excluding hydrogens is 387 g/mol. The zero-order chi connectivity index (χ0) is 21.0. The van der Waals surface area contributed by atoms with Crippen LogP contribution < -0.4 is 0 Å². The minimum Gasteiger partial charge on any atom is -0.303 e. The molecule has 0 radical (unpaired) electrons. The molecule has 13 heteroatoms. The van der Waals surface area contributed by atoms with Gasteiger partial charge in [0.1, 0.15) is 12.6 Å². The summed E-state index contributed by atoms with van der Waals surface area (Å²) in [4.78, 5) is 61.1. The van der Waals surface area contributed by atoms with E-state index in [0.29, 0.717) is 23.7 Å². The van der Waals surface area contributed by atoms with Crippen LogP contribution in [0.5, 0.6) is 0 Å². The van der Waals surface area contributed by atoms with E-state index in [1.807, 2.05) is 0 Å². The summed E-state index contributed by atoms with van der Waals surface area (Å²) < 4.78 is 8.88. The maximum absolute atomic E-state index is 10.2. The minimum atomic E-state index is -4.64. The molecule has 0 unspecified atom stereocenters. The van der Waals surface area contributed by atoms with E-state index in [0.717, 1.165) is 0 Å². The average Bonchev–Trinajstić information content (AvgIpc) is 2.61. The number of phosphoric acid groups is 1. The Bertz CT molecular complexity index is 795. The lowest BCUT2D eigenvalue weighted by Crippen LogP contribution is -1.88. The van der Waals surface area contributed by atoms with E-state index in [1.54, 1.807) is 0 Å². The Kier molecular flexibility index (Phi) is 9.94. The zero-order valence-corrected chi connectivity index (χ0v) is 14.2. The first-order chi connectivity index (χ1) is 12.5. The van der Waals surface area contributed by atoms with Crippen LogP contribution in [-0.4, -0.2) is 37.1 Å². The van der Waals surface area contributed by atoms with Gasteiger partial charge in [0, 0.05) is 35.4 Å². The summed E-state index contributed by atoms with van der Waals surface area (Å²) in [6, 6.07) is 11.1. The van der Waals surface area contributed by atoms with Crippen molar-refractivity contribution in [3.63, 3.8) is 0 Å². The first-order valence-corrected chi connectivity index (χ1v) is 8.22. The fraction of sp³-hybridized carbons (Fsp3) is 0. The Morgan fingerprint density at radius 3 is 1.30 bits per heavy atom. The summed E-state index contributed by atoms with van der Waals surface area (Å²) in [5, 5.41) is 20.3. The molecule has 0 aliphatic rings. The van der Waals surface area contributed by atoms with Gasteiger partial charge in [-0.25, -0.2) is 4.57 Å². The molecule has 0 amide bonds. The lowest BCUT2D eigenvalue weighted by atomic mass is 10.2. The standard InChI is InChI=1S/2C7H5NO3.H3O4P/c2*9-5-6-2-1-3-7(4-6)8(10)11;1-5(2,3)4/h2*1-5H;(H3,1,2,3,4). The maximum atomic E-state index is 10.2. The topological polar surface area (TPSA) is 198 Å². The average molecular weight is 400 g/mol. The molecule has 0 aromatic heterocycles. The third kappa shape index (κ3) is 11.8. The van der Waals surface area contributed by atoms with E-state index in [2.05, 4.69) is 0 Å². The normalized spacial score (nSPS) is 9.59. The molecule has 3 N–H and O–H groups in total. The Labute approximate surface area is 151 Å². The largest absolute Gasteiger partial charge is 0.466 e. The van der Waals surface area contributed by atoms with Crippen LogP contribution in [0.4, 0.5) is 11.4 Å². The van der Waals surface area contributed by atoms with Crippen molar-refractivity contribution in [2.24, 2.45) is 0 Å². The van der Waals surface area contributed by atoms with Crippen molar-refractivity contribution in [2.45, 2.75) is 0 Å².